The molecule has 1 unspecified atom stereocenters. The molecular weight excluding hydrogens is 320 g/mol. The monoisotopic (exact) mass is 344 g/mol. The number of rotatable bonds is 3. The second-order valence-corrected chi connectivity index (χ2v) is 7.58. The summed E-state index contributed by atoms with van der Waals surface area (Å²) in [5.74, 6) is 0.329. The number of fused-ring (bicyclic) bond motifs is 2. The Morgan fingerprint density at radius 3 is 2.92 bits per heavy atom. The molecule has 3 heteroatoms. The van der Waals surface area contributed by atoms with Crippen LogP contribution >= 0.6 is 0 Å². The molecule has 5 rings (SSSR count). The lowest BCUT2D eigenvalue weighted by Crippen LogP contribution is -2.32. The number of para-hydroxylation sites is 1. The van der Waals surface area contributed by atoms with E-state index in [1.165, 1.54) is 47.8 Å². The third-order valence-corrected chi connectivity index (χ3v) is 5.92. The van der Waals surface area contributed by atoms with Crippen molar-refractivity contribution in [2.24, 2.45) is 0 Å². The van der Waals surface area contributed by atoms with Crippen LogP contribution in [0.25, 0.3) is 16.5 Å². The minimum atomic E-state index is 0.329. The summed E-state index contributed by atoms with van der Waals surface area (Å²) in [6, 6.07) is 17.0. The molecule has 132 valence electrons. The zero-order valence-electron chi connectivity index (χ0n) is 14.9. The molecule has 1 N–H and O–H groups in total. The molecule has 2 aromatic carbocycles. The van der Waals surface area contributed by atoms with Gasteiger partial charge in [-0.05, 0) is 55.1 Å². The summed E-state index contributed by atoms with van der Waals surface area (Å²) in [7, 11) is 0. The lowest BCUT2D eigenvalue weighted by Gasteiger charge is -2.29. The standard InChI is InChI=1S/C23H24N2O/c26-20-7-3-5-17(13-20)15-25-16-22(21-8-1-2-9-23(21)25)18-10-12-24-11-4-6-19(24)14-18/h1-3,5,7-10,13,16,19,26H,4,6,11-12,14-15H2. The summed E-state index contributed by atoms with van der Waals surface area (Å²) in [5.41, 5.74) is 5.27. The van der Waals surface area contributed by atoms with Crippen molar-refractivity contribution in [2.45, 2.75) is 31.8 Å². The summed E-state index contributed by atoms with van der Waals surface area (Å²) in [6.07, 6.45) is 8.58. The zero-order valence-corrected chi connectivity index (χ0v) is 14.9. The Labute approximate surface area is 154 Å². The molecule has 1 atom stereocenters. The van der Waals surface area contributed by atoms with E-state index in [9.17, 15) is 5.11 Å². The number of hydrogen-bond donors (Lipinski definition) is 1. The lowest BCUT2D eigenvalue weighted by molar-refractivity contribution is 0.275. The number of aromatic hydroxyl groups is 1. The van der Waals surface area contributed by atoms with Crippen molar-refractivity contribution < 1.29 is 5.11 Å². The molecule has 2 aliphatic rings. The highest BCUT2D eigenvalue weighted by atomic mass is 16.3. The highest BCUT2D eigenvalue weighted by Crippen LogP contribution is 2.36. The predicted octanol–water partition coefficient (Wildman–Crippen LogP) is 4.65. The van der Waals surface area contributed by atoms with E-state index in [4.69, 9.17) is 0 Å². The Morgan fingerprint density at radius 1 is 1.08 bits per heavy atom. The Kier molecular flexibility index (Phi) is 3.83. The largest absolute Gasteiger partial charge is 0.508 e. The smallest absolute Gasteiger partial charge is 0.115 e. The van der Waals surface area contributed by atoms with Crippen molar-refractivity contribution in [2.75, 3.05) is 13.1 Å². The third kappa shape index (κ3) is 2.73. The fourth-order valence-electron chi connectivity index (χ4n) is 4.64. The molecule has 26 heavy (non-hydrogen) atoms. The van der Waals surface area contributed by atoms with Crippen molar-refractivity contribution in [3.63, 3.8) is 0 Å². The van der Waals surface area contributed by atoms with Gasteiger partial charge in [-0.25, -0.2) is 0 Å². The predicted molar refractivity (Wildman–Crippen MR) is 106 cm³/mol. The number of phenolic OH excluding ortho intramolecular Hbond substituents is 1. The molecule has 0 bridgehead atoms. The van der Waals surface area contributed by atoms with E-state index >= 15 is 0 Å². The minimum absolute atomic E-state index is 0.329. The molecule has 0 aliphatic carbocycles. The van der Waals surface area contributed by atoms with Gasteiger partial charge >= 0.3 is 0 Å². The van der Waals surface area contributed by atoms with Crippen molar-refractivity contribution >= 4 is 16.5 Å². The quantitative estimate of drug-likeness (QED) is 0.749. The first-order valence-corrected chi connectivity index (χ1v) is 9.57. The van der Waals surface area contributed by atoms with Crippen LogP contribution in [0, 0.1) is 0 Å². The second-order valence-electron chi connectivity index (χ2n) is 7.58. The van der Waals surface area contributed by atoms with Crippen molar-refractivity contribution in [1.82, 2.24) is 9.47 Å². The van der Waals surface area contributed by atoms with E-state index in [0.717, 1.165) is 24.7 Å². The Bertz CT molecular complexity index is 985. The third-order valence-electron chi connectivity index (χ3n) is 5.92. The summed E-state index contributed by atoms with van der Waals surface area (Å²) in [5, 5.41) is 11.1. The van der Waals surface area contributed by atoms with Crippen LogP contribution in [0.1, 0.15) is 30.4 Å². The van der Waals surface area contributed by atoms with Crippen LogP contribution in [0.4, 0.5) is 0 Å². The average Bonchev–Trinajstić information content (AvgIpc) is 3.26. The fourth-order valence-corrected chi connectivity index (χ4v) is 4.64. The van der Waals surface area contributed by atoms with E-state index < -0.39 is 0 Å². The highest BCUT2D eigenvalue weighted by molar-refractivity contribution is 5.93. The summed E-state index contributed by atoms with van der Waals surface area (Å²) < 4.78 is 2.32. The molecule has 0 amide bonds. The van der Waals surface area contributed by atoms with Gasteiger partial charge in [-0.1, -0.05) is 36.4 Å². The lowest BCUT2D eigenvalue weighted by atomic mass is 9.94. The van der Waals surface area contributed by atoms with Crippen molar-refractivity contribution in [3.05, 3.63) is 71.9 Å². The molecule has 1 aromatic heterocycles. The molecular formula is C23H24N2O. The zero-order chi connectivity index (χ0) is 17.5. The van der Waals surface area contributed by atoms with Gasteiger partial charge in [0.2, 0.25) is 0 Å². The summed E-state index contributed by atoms with van der Waals surface area (Å²) in [4.78, 5) is 2.62. The molecule has 0 radical (unpaired) electrons. The maximum Gasteiger partial charge on any atom is 0.115 e. The van der Waals surface area contributed by atoms with Crippen LogP contribution in [0.2, 0.25) is 0 Å². The van der Waals surface area contributed by atoms with Gasteiger partial charge in [0.25, 0.3) is 0 Å². The van der Waals surface area contributed by atoms with Crippen LogP contribution in [0.15, 0.2) is 60.8 Å². The van der Waals surface area contributed by atoms with E-state index in [-0.39, 0.29) is 0 Å². The number of phenols is 1. The van der Waals surface area contributed by atoms with Crippen LogP contribution in [0.3, 0.4) is 0 Å². The number of aromatic nitrogens is 1. The highest BCUT2D eigenvalue weighted by Gasteiger charge is 2.28. The SMILES string of the molecule is Oc1cccc(Cn2cc(C3=CCN4CCCC4C3)c3ccccc32)c1. The normalized spacial score (nSPS) is 20.3. The second kappa shape index (κ2) is 6.33. The van der Waals surface area contributed by atoms with Crippen LogP contribution in [0.5, 0.6) is 5.75 Å². The van der Waals surface area contributed by atoms with E-state index in [1.807, 2.05) is 12.1 Å². The van der Waals surface area contributed by atoms with Crippen molar-refractivity contribution in [3.8, 4) is 5.75 Å². The van der Waals surface area contributed by atoms with Crippen LogP contribution in [-0.2, 0) is 6.54 Å². The van der Waals surface area contributed by atoms with Gasteiger partial charge in [0.15, 0.2) is 0 Å². The number of nitrogens with zero attached hydrogens (tertiary/aromatic N) is 2. The molecule has 1 saturated heterocycles. The van der Waals surface area contributed by atoms with Gasteiger partial charge in [-0.2, -0.15) is 0 Å². The van der Waals surface area contributed by atoms with Gasteiger partial charge in [-0.15, -0.1) is 0 Å². The maximum atomic E-state index is 9.78. The summed E-state index contributed by atoms with van der Waals surface area (Å²) >= 11 is 0. The Morgan fingerprint density at radius 2 is 2.00 bits per heavy atom. The molecule has 1 fully saturated rings. The first-order valence-electron chi connectivity index (χ1n) is 9.57. The van der Waals surface area contributed by atoms with Gasteiger partial charge in [-0.3, -0.25) is 4.90 Å². The molecule has 3 aromatic rings. The number of benzene rings is 2. The first kappa shape index (κ1) is 15.7. The fraction of sp³-hybridized carbons (Fsp3) is 0.304. The molecule has 2 aliphatic heterocycles. The van der Waals surface area contributed by atoms with Gasteiger partial charge in [0.1, 0.15) is 5.75 Å². The average molecular weight is 344 g/mol. The number of hydrogen-bond acceptors (Lipinski definition) is 2. The van der Waals surface area contributed by atoms with Gasteiger partial charge in [0, 0.05) is 41.8 Å². The molecule has 0 saturated carbocycles. The van der Waals surface area contributed by atoms with Crippen molar-refractivity contribution in [1.29, 1.82) is 0 Å². The Hall–Kier alpha value is -2.52. The van der Waals surface area contributed by atoms with Crippen LogP contribution < -0.4 is 0 Å². The first-order chi connectivity index (χ1) is 12.8. The molecule has 3 nitrogen and oxygen atoms in total. The topological polar surface area (TPSA) is 28.4 Å². The van der Waals surface area contributed by atoms with Gasteiger partial charge in [0.05, 0.1) is 0 Å². The van der Waals surface area contributed by atoms with E-state index in [2.05, 4.69) is 52.1 Å². The van der Waals surface area contributed by atoms with E-state index in [1.54, 1.807) is 6.07 Å². The minimum Gasteiger partial charge on any atom is -0.508 e. The van der Waals surface area contributed by atoms with Gasteiger partial charge < -0.3 is 9.67 Å². The summed E-state index contributed by atoms with van der Waals surface area (Å²) in [6.45, 7) is 3.12. The maximum absolute atomic E-state index is 9.78. The van der Waals surface area contributed by atoms with Crippen LogP contribution in [-0.4, -0.2) is 33.7 Å². The molecule has 3 heterocycles. The Balaban J connectivity index is 1.54. The molecule has 0 spiro atoms. The van der Waals surface area contributed by atoms with E-state index in [0.29, 0.717) is 5.75 Å².